The van der Waals surface area contributed by atoms with Crippen molar-refractivity contribution in [1.82, 2.24) is 0 Å². The fraction of sp³-hybridized carbons (Fsp3) is 0.200. The van der Waals surface area contributed by atoms with Crippen LogP contribution < -0.4 is 9.47 Å². The number of ketones is 1. The SMILES string of the molecule is Cc1cc2c(c(C)c1Oc1cc(F)ccc1Cc1ccc(C#N)cc1)OCCC2=O. The van der Waals surface area contributed by atoms with Crippen molar-refractivity contribution in [2.75, 3.05) is 6.61 Å². The molecule has 1 aliphatic rings. The third-order valence-corrected chi connectivity index (χ3v) is 5.24. The van der Waals surface area contributed by atoms with Gasteiger partial charge in [-0.25, -0.2) is 4.39 Å². The molecule has 4 rings (SSSR count). The highest BCUT2D eigenvalue weighted by molar-refractivity contribution is 6.00. The molecular weight excluding hydrogens is 381 g/mol. The van der Waals surface area contributed by atoms with Crippen molar-refractivity contribution in [2.45, 2.75) is 26.7 Å². The number of hydrogen-bond acceptors (Lipinski definition) is 4. The number of ether oxygens (including phenoxy) is 2. The number of halogens is 1. The van der Waals surface area contributed by atoms with Gasteiger partial charge < -0.3 is 9.47 Å². The maximum absolute atomic E-state index is 14.0. The average Bonchev–Trinajstić information content (AvgIpc) is 2.74. The third-order valence-electron chi connectivity index (χ3n) is 5.24. The second-order valence-corrected chi connectivity index (χ2v) is 7.39. The van der Waals surface area contributed by atoms with Crippen molar-refractivity contribution < 1.29 is 18.7 Å². The van der Waals surface area contributed by atoms with Crippen LogP contribution >= 0.6 is 0 Å². The lowest BCUT2D eigenvalue weighted by molar-refractivity contribution is 0.0932. The Morgan fingerprint density at radius 1 is 1.13 bits per heavy atom. The van der Waals surface area contributed by atoms with Gasteiger partial charge in [0.15, 0.2) is 5.78 Å². The zero-order chi connectivity index (χ0) is 21.3. The molecule has 0 spiro atoms. The van der Waals surface area contributed by atoms with Crippen molar-refractivity contribution >= 4 is 5.78 Å². The Morgan fingerprint density at radius 2 is 1.90 bits per heavy atom. The fourth-order valence-electron chi connectivity index (χ4n) is 3.68. The van der Waals surface area contributed by atoms with E-state index in [0.717, 1.165) is 22.3 Å². The quantitative estimate of drug-likeness (QED) is 0.566. The summed E-state index contributed by atoms with van der Waals surface area (Å²) in [6, 6.07) is 15.6. The van der Waals surface area contributed by atoms with E-state index < -0.39 is 5.82 Å². The molecule has 0 bridgehead atoms. The summed E-state index contributed by atoms with van der Waals surface area (Å²) in [6.07, 6.45) is 0.893. The number of aryl methyl sites for hydroxylation is 1. The van der Waals surface area contributed by atoms with Gasteiger partial charge in [-0.05, 0) is 54.8 Å². The summed E-state index contributed by atoms with van der Waals surface area (Å²) in [7, 11) is 0. The van der Waals surface area contributed by atoms with E-state index in [0.29, 0.717) is 47.8 Å². The molecule has 0 aromatic heterocycles. The summed E-state index contributed by atoms with van der Waals surface area (Å²) in [5, 5.41) is 8.97. The van der Waals surface area contributed by atoms with Crippen LogP contribution in [0.2, 0.25) is 0 Å². The molecule has 1 heterocycles. The maximum atomic E-state index is 14.0. The van der Waals surface area contributed by atoms with Crippen LogP contribution in [-0.2, 0) is 6.42 Å². The Morgan fingerprint density at radius 3 is 2.63 bits per heavy atom. The monoisotopic (exact) mass is 401 g/mol. The van der Waals surface area contributed by atoms with Gasteiger partial charge in [0.2, 0.25) is 0 Å². The van der Waals surface area contributed by atoms with E-state index in [9.17, 15) is 9.18 Å². The second kappa shape index (κ2) is 8.00. The van der Waals surface area contributed by atoms with E-state index in [4.69, 9.17) is 14.7 Å². The van der Waals surface area contributed by atoms with Gasteiger partial charge in [-0.3, -0.25) is 4.79 Å². The van der Waals surface area contributed by atoms with Crippen molar-refractivity contribution in [3.8, 4) is 23.3 Å². The summed E-state index contributed by atoms with van der Waals surface area (Å²) >= 11 is 0. The largest absolute Gasteiger partial charge is 0.492 e. The smallest absolute Gasteiger partial charge is 0.170 e. The van der Waals surface area contributed by atoms with Gasteiger partial charge in [0.1, 0.15) is 23.1 Å². The number of carbonyl (C=O) groups excluding carboxylic acids is 1. The van der Waals surface area contributed by atoms with Crippen molar-refractivity contribution in [1.29, 1.82) is 5.26 Å². The molecule has 0 N–H and O–H groups in total. The molecule has 0 fully saturated rings. The normalized spacial score (nSPS) is 12.7. The molecule has 0 aliphatic carbocycles. The molecule has 0 atom stereocenters. The standard InChI is InChI=1S/C25H20FNO3/c1-15-11-21-22(28)9-10-29-25(21)16(2)24(15)30-23-13-20(26)8-7-19(23)12-17-3-5-18(14-27)6-4-17/h3-8,11,13H,9-10,12H2,1-2H3. The van der Waals surface area contributed by atoms with Gasteiger partial charge in [-0.2, -0.15) is 5.26 Å². The average molecular weight is 401 g/mol. The van der Waals surface area contributed by atoms with E-state index in [1.165, 1.54) is 12.1 Å². The Hall–Kier alpha value is -3.65. The first-order chi connectivity index (χ1) is 14.5. The first-order valence-corrected chi connectivity index (χ1v) is 9.72. The zero-order valence-corrected chi connectivity index (χ0v) is 16.8. The zero-order valence-electron chi connectivity index (χ0n) is 16.8. The molecule has 0 amide bonds. The molecular formula is C25H20FNO3. The van der Waals surface area contributed by atoms with E-state index in [2.05, 4.69) is 6.07 Å². The van der Waals surface area contributed by atoms with E-state index in [-0.39, 0.29) is 5.78 Å². The van der Waals surface area contributed by atoms with Gasteiger partial charge in [0.25, 0.3) is 0 Å². The van der Waals surface area contributed by atoms with Gasteiger partial charge >= 0.3 is 0 Å². The molecule has 30 heavy (non-hydrogen) atoms. The van der Waals surface area contributed by atoms with Crippen molar-refractivity contribution in [3.63, 3.8) is 0 Å². The van der Waals surface area contributed by atoms with Crippen LogP contribution in [0.4, 0.5) is 4.39 Å². The Labute approximate surface area is 174 Å². The number of nitrogens with zero attached hydrogens (tertiary/aromatic N) is 1. The first kappa shape index (κ1) is 19.7. The Bertz CT molecular complexity index is 1180. The number of nitriles is 1. The number of Topliss-reactive ketones (excluding diaryl/α,β-unsaturated/α-hetero) is 1. The lowest BCUT2D eigenvalue weighted by atomic mass is 9.97. The first-order valence-electron chi connectivity index (χ1n) is 9.72. The maximum Gasteiger partial charge on any atom is 0.170 e. The third kappa shape index (κ3) is 3.77. The molecule has 0 saturated carbocycles. The molecule has 4 nitrogen and oxygen atoms in total. The predicted molar refractivity (Wildman–Crippen MR) is 111 cm³/mol. The van der Waals surface area contributed by atoms with E-state index in [1.54, 1.807) is 24.3 Å². The molecule has 1 aliphatic heterocycles. The molecule has 5 heteroatoms. The van der Waals surface area contributed by atoms with Crippen LogP contribution in [0.1, 0.15) is 44.6 Å². The highest BCUT2D eigenvalue weighted by Gasteiger charge is 2.24. The topological polar surface area (TPSA) is 59.3 Å². The number of fused-ring (bicyclic) bond motifs is 1. The molecule has 0 saturated heterocycles. The van der Waals surface area contributed by atoms with Crippen LogP contribution in [0.25, 0.3) is 0 Å². The lowest BCUT2D eigenvalue weighted by Gasteiger charge is -2.22. The summed E-state index contributed by atoms with van der Waals surface area (Å²) in [5.41, 5.74) is 4.48. The second-order valence-electron chi connectivity index (χ2n) is 7.39. The van der Waals surface area contributed by atoms with Gasteiger partial charge in [-0.15, -0.1) is 0 Å². The number of rotatable bonds is 4. The lowest BCUT2D eigenvalue weighted by Crippen LogP contribution is -2.17. The minimum absolute atomic E-state index is 0.0567. The number of hydrogen-bond donors (Lipinski definition) is 0. The molecule has 0 unspecified atom stereocenters. The van der Waals surface area contributed by atoms with Crippen LogP contribution in [0.15, 0.2) is 48.5 Å². The minimum Gasteiger partial charge on any atom is -0.492 e. The van der Waals surface area contributed by atoms with Crippen LogP contribution in [0.3, 0.4) is 0 Å². The fourth-order valence-corrected chi connectivity index (χ4v) is 3.68. The summed E-state index contributed by atoms with van der Waals surface area (Å²) in [6.45, 7) is 4.06. The number of benzene rings is 3. The van der Waals surface area contributed by atoms with Crippen molar-refractivity contribution in [3.05, 3.63) is 87.7 Å². The Balaban J connectivity index is 1.71. The minimum atomic E-state index is -0.395. The summed E-state index contributed by atoms with van der Waals surface area (Å²) in [5.74, 6) is 1.18. The van der Waals surface area contributed by atoms with Crippen molar-refractivity contribution in [2.24, 2.45) is 0 Å². The van der Waals surface area contributed by atoms with Crippen LogP contribution in [-0.4, -0.2) is 12.4 Å². The molecule has 3 aromatic carbocycles. The summed E-state index contributed by atoms with van der Waals surface area (Å²) < 4.78 is 25.9. The highest BCUT2D eigenvalue weighted by atomic mass is 19.1. The predicted octanol–water partition coefficient (Wildman–Crippen LogP) is 5.66. The number of carbonyl (C=O) groups is 1. The molecule has 0 radical (unpaired) electrons. The Kier molecular flexibility index (Phi) is 5.24. The van der Waals surface area contributed by atoms with E-state index in [1.807, 2.05) is 26.0 Å². The van der Waals surface area contributed by atoms with Gasteiger partial charge in [0, 0.05) is 24.5 Å². The van der Waals surface area contributed by atoms with Gasteiger partial charge in [0.05, 0.1) is 23.8 Å². The van der Waals surface area contributed by atoms with E-state index >= 15 is 0 Å². The summed E-state index contributed by atoms with van der Waals surface area (Å²) in [4.78, 5) is 12.2. The van der Waals surface area contributed by atoms with Crippen LogP contribution in [0, 0.1) is 31.0 Å². The highest BCUT2D eigenvalue weighted by Crippen LogP contribution is 2.40. The van der Waals surface area contributed by atoms with Gasteiger partial charge in [-0.1, -0.05) is 18.2 Å². The van der Waals surface area contributed by atoms with Crippen LogP contribution in [0.5, 0.6) is 17.2 Å². The molecule has 3 aromatic rings. The molecule has 150 valence electrons.